The lowest BCUT2D eigenvalue weighted by atomic mass is 10.1. The Kier molecular flexibility index (Phi) is 5.77. The molecule has 0 amide bonds. The van der Waals surface area contributed by atoms with E-state index >= 15 is 0 Å². The Balaban J connectivity index is 2.64. The van der Waals surface area contributed by atoms with Crippen molar-refractivity contribution < 1.29 is 5.11 Å². The largest absolute Gasteiger partial charge is 0.394 e. The Hall–Kier alpha value is -1.29. The van der Waals surface area contributed by atoms with Crippen LogP contribution in [-0.2, 0) is 0 Å². The van der Waals surface area contributed by atoms with E-state index < -0.39 is 0 Å². The van der Waals surface area contributed by atoms with Gasteiger partial charge < -0.3 is 15.7 Å². The van der Waals surface area contributed by atoms with Crippen LogP contribution < -0.4 is 10.6 Å². The van der Waals surface area contributed by atoms with Gasteiger partial charge in [0.05, 0.1) is 12.6 Å². The van der Waals surface area contributed by atoms with Gasteiger partial charge in [-0.3, -0.25) is 0 Å². The highest BCUT2D eigenvalue weighted by Crippen LogP contribution is 2.13. The summed E-state index contributed by atoms with van der Waals surface area (Å²) in [6.07, 6.45) is 1.07. The first-order chi connectivity index (χ1) is 8.17. The molecule has 4 heteroatoms. The third kappa shape index (κ3) is 4.61. The molecule has 0 aliphatic heterocycles. The third-order valence-corrected chi connectivity index (χ3v) is 2.64. The van der Waals surface area contributed by atoms with E-state index in [0.29, 0.717) is 5.92 Å². The van der Waals surface area contributed by atoms with Crippen LogP contribution in [0.3, 0.4) is 0 Å². The average Bonchev–Trinajstić information content (AvgIpc) is 2.33. The zero-order valence-corrected chi connectivity index (χ0v) is 10.9. The maximum Gasteiger partial charge on any atom is 0.128 e. The van der Waals surface area contributed by atoms with Gasteiger partial charge >= 0.3 is 0 Å². The third-order valence-electron chi connectivity index (χ3n) is 2.64. The van der Waals surface area contributed by atoms with Crippen LogP contribution in [0, 0.1) is 5.92 Å². The number of nitrogens with one attached hydrogen (secondary N) is 2. The van der Waals surface area contributed by atoms with E-state index in [-0.39, 0.29) is 12.6 Å². The van der Waals surface area contributed by atoms with Gasteiger partial charge in [0.25, 0.3) is 0 Å². The molecule has 4 nitrogen and oxygen atoms in total. The quantitative estimate of drug-likeness (QED) is 0.681. The van der Waals surface area contributed by atoms with E-state index in [4.69, 9.17) is 0 Å². The molecular weight excluding hydrogens is 214 g/mol. The summed E-state index contributed by atoms with van der Waals surface area (Å²) in [5, 5.41) is 15.7. The van der Waals surface area contributed by atoms with Crippen molar-refractivity contribution in [3.05, 3.63) is 18.2 Å². The predicted molar refractivity (Wildman–Crippen MR) is 72.4 cm³/mol. The molecule has 0 unspecified atom stereocenters. The molecule has 96 valence electrons. The Morgan fingerprint density at radius 2 is 2.00 bits per heavy atom. The summed E-state index contributed by atoms with van der Waals surface area (Å²) in [7, 11) is 0. The highest BCUT2D eigenvalue weighted by molar-refractivity contribution is 5.45. The van der Waals surface area contributed by atoms with Crippen molar-refractivity contribution in [1.29, 1.82) is 0 Å². The van der Waals surface area contributed by atoms with Gasteiger partial charge in [-0.15, -0.1) is 0 Å². The van der Waals surface area contributed by atoms with Crippen LogP contribution in [0.25, 0.3) is 0 Å². The minimum atomic E-state index is 0.0453. The molecule has 0 radical (unpaired) electrons. The molecule has 0 saturated heterocycles. The molecule has 1 aromatic heterocycles. The summed E-state index contributed by atoms with van der Waals surface area (Å²) in [6, 6.07) is 5.87. The predicted octanol–water partition coefficient (Wildman–Crippen LogP) is 2.33. The molecule has 1 heterocycles. The fourth-order valence-corrected chi connectivity index (χ4v) is 1.48. The second-order valence-corrected chi connectivity index (χ2v) is 4.51. The molecular formula is C13H23N3O. The molecule has 0 aliphatic carbocycles. The fraction of sp³-hybridized carbons (Fsp3) is 0.615. The van der Waals surface area contributed by atoms with E-state index in [9.17, 15) is 5.11 Å². The molecule has 0 spiro atoms. The standard InChI is InChI=1S/C13H23N3O/c1-4-8-14-12-6-5-7-13(16-12)15-11(9-17)10(2)3/h5-7,10-11,17H,4,8-9H2,1-3H3,(H2,14,15,16)/t11-/m1/s1. The molecule has 0 aromatic carbocycles. The molecule has 1 rings (SSSR count). The van der Waals surface area contributed by atoms with Crippen LogP contribution in [0.1, 0.15) is 27.2 Å². The Morgan fingerprint density at radius 1 is 1.29 bits per heavy atom. The number of hydrogen-bond acceptors (Lipinski definition) is 4. The summed E-state index contributed by atoms with van der Waals surface area (Å²) >= 11 is 0. The number of nitrogens with zero attached hydrogens (tertiary/aromatic N) is 1. The lowest BCUT2D eigenvalue weighted by Crippen LogP contribution is -2.29. The number of pyridine rings is 1. The van der Waals surface area contributed by atoms with Crippen molar-refractivity contribution in [1.82, 2.24) is 4.98 Å². The van der Waals surface area contributed by atoms with Gasteiger partial charge in [-0.1, -0.05) is 26.8 Å². The van der Waals surface area contributed by atoms with Gasteiger partial charge in [-0.2, -0.15) is 0 Å². The summed E-state index contributed by atoms with van der Waals surface area (Å²) in [4.78, 5) is 4.45. The zero-order valence-electron chi connectivity index (χ0n) is 10.9. The van der Waals surface area contributed by atoms with Gasteiger partial charge in [0.2, 0.25) is 0 Å². The van der Waals surface area contributed by atoms with Crippen molar-refractivity contribution in [2.75, 3.05) is 23.8 Å². The molecule has 17 heavy (non-hydrogen) atoms. The molecule has 3 N–H and O–H groups in total. The van der Waals surface area contributed by atoms with Gasteiger partial charge in [0.15, 0.2) is 0 Å². The van der Waals surface area contributed by atoms with Crippen LogP contribution in [0.5, 0.6) is 0 Å². The lowest BCUT2D eigenvalue weighted by molar-refractivity contribution is 0.249. The lowest BCUT2D eigenvalue weighted by Gasteiger charge is -2.20. The van der Waals surface area contributed by atoms with Crippen molar-refractivity contribution in [2.24, 2.45) is 5.92 Å². The van der Waals surface area contributed by atoms with E-state index in [2.05, 4.69) is 36.4 Å². The van der Waals surface area contributed by atoms with E-state index in [0.717, 1.165) is 24.6 Å². The maximum atomic E-state index is 9.26. The van der Waals surface area contributed by atoms with E-state index in [1.165, 1.54) is 0 Å². The topological polar surface area (TPSA) is 57.2 Å². The smallest absolute Gasteiger partial charge is 0.128 e. The number of aliphatic hydroxyl groups is 1. The molecule has 1 atom stereocenters. The van der Waals surface area contributed by atoms with Gasteiger partial charge in [0.1, 0.15) is 11.6 Å². The summed E-state index contributed by atoms with van der Waals surface area (Å²) in [5.74, 6) is 2.05. The second kappa shape index (κ2) is 7.12. The first-order valence-electron chi connectivity index (χ1n) is 6.25. The van der Waals surface area contributed by atoms with Crippen LogP contribution >= 0.6 is 0 Å². The maximum absolute atomic E-state index is 9.26. The van der Waals surface area contributed by atoms with E-state index in [1.807, 2.05) is 18.2 Å². The number of aliphatic hydroxyl groups excluding tert-OH is 1. The van der Waals surface area contributed by atoms with Gasteiger partial charge in [-0.05, 0) is 24.5 Å². The fourth-order valence-electron chi connectivity index (χ4n) is 1.48. The first kappa shape index (κ1) is 13.8. The SMILES string of the molecule is CCCNc1cccc(N[C@H](CO)C(C)C)n1. The molecule has 0 fully saturated rings. The first-order valence-corrected chi connectivity index (χ1v) is 6.25. The molecule has 0 saturated carbocycles. The molecule has 0 bridgehead atoms. The highest BCUT2D eigenvalue weighted by atomic mass is 16.3. The minimum absolute atomic E-state index is 0.0453. The summed E-state index contributed by atoms with van der Waals surface area (Å²) in [5.41, 5.74) is 0. The number of rotatable bonds is 7. The van der Waals surface area contributed by atoms with Crippen molar-refractivity contribution in [2.45, 2.75) is 33.2 Å². The monoisotopic (exact) mass is 237 g/mol. The average molecular weight is 237 g/mol. The van der Waals surface area contributed by atoms with Crippen LogP contribution in [-0.4, -0.2) is 29.3 Å². The zero-order chi connectivity index (χ0) is 12.7. The van der Waals surface area contributed by atoms with Crippen LogP contribution in [0.4, 0.5) is 11.6 Å². The summed E-state index contributed by atoms with van der Waals surface area (Å²) < 4.78 is 0. The number of hydrogen-bond donors (Lipinski definition) is 3. The van der Waals surface area contributed by atoms with Crippen LogP contribution in [0.2, 0.25) is 0 Å². The molecule has 1 aromatic rings. The van der Waals surface area contributed by atoms with Crippen LogP contribution in [0.15, 0.2) is 18.2 Å². The highest BCUT2D eigenvalue weighted by Gasteiger charge is 2.12. The number of aromatic nitrogens is 1. The minimum Gasteiger partial charge on any atom is -0.394 e. The Labute approximate surface area is 103 Å². The summed E-state index contributed by atoms with van der Waals surface area (Å²) in [6.45, 7) is 7.31. The van der Waals surface area contributed by atoms with Crippen molar-refractivity contribution in [3.63, 3.8) is 0 Å². The van der Waals surface area contributed by atoms with Crippen molar-refractivity contribution >= 4 is 11.6 Å². The van der Waals surface area contributed by atoms with Gasteiger partial charge in [-0.25, -0.2) is 4.98 Å². The van der Waals surface area contributed by atoms with Crippen molar-refractivity contribution in [3.8, 4) is 0 Å². The van der Waals surface area contributed by atoms with Gasteiger partial charge in [0, 0.05) is 6.54 Å². The Morgan fingerprint density at radius 3 is 2.59 bits per heavy atom. The Bertz CT molecular complexity index is 328. The molecule has 0 aliphatic rings. The second-order valence-electron chi connectivity index (χ2n) is 4.51. The number of anilines is 2. The normalized spacial score (nSPS) is 12.5. The van der Waals surface area contributed by atoms with E-state index in [1.54, 1.807) is 0 Å².